The molecule has 0 unspecified atom stereocenters. The molecule has 0 aliphatic heterocycles. The average Bonchev–Trinajstić information content (AvgIpc) is 2.07. The summed E-state index contributed by atoms with van der Waals surface area (Å²) >= 11 is 0. The van der Waals surface area contributed by atoms with Crippen LogP contribution in [-0.2, 0) is 4.79 Å². The second-order valence-corrected chi connectivity index (χ2v) is 6.26. The molecule has 0 aliphatic carbocycles. The van der Waals surface area contributed by atoms with Gasteiger partial charge in [-0.15, -0.1) is 0 Å². The molecule has 0 bridgehead atoms. The number of hydrogen-bond donors (Lipinski definition) is 1. The highest BCUT2D eigenvalue weighted by Crippen LogP contribution is 2.20. The Balaban J connectivity index is 4.69. The monoisotopic (exact) mass is 224 g/mol. The minimum atomic E-state index is -0.363. The largest absolute Gasteiger partial charge is 0.303 e. The molecule has 1 N–H and O–H groups in total. The van der Waals surface area contributed by atoms with Gasteiger partial charge in [-0.25, -0.2) is 0 Å². The van der Waals surface area contributed by atoms with E-state index in [1.54, 1.807) is 0 Å². The van der Waals surface area contributed by atoms with Crippen molar-refractivity contribution in [3.05, 3.63) is 0 Å². The minimum absolute atomic E-state index is 0.110. The van der Waals surface area contributed by atoms with Crippen LogP contribution in [0.5, 0.6) is 0 Å². The third kappa shape index (κ3) is 5.87. The van der Waals surface area contributed by atoms with Crippen LogP contribution in [0.4, 0.5) is 0 Å². The van der Waals surface area contributed by atoms with Crippen LogP contribution in [0.15, 0.2) is 0 Å². The molecular weight excluding hydrogens is 200 g/mol. The number of Topliss-reactive ketones (excluding diaryl/α,β-unsaturated/α-hetero) is 1. The predicted octanol–water partition coefficient (Wildman–Crippen LogP) is 2.66. The van der Waals surface area contributed by atoms with Gasteiger partial charge in [-0.2, -0.15) is 5.26 Å². The highest BCUT2D eigenvalue weighted by Gasteiger charge is 2.31. The Morgan fingerprint density at radius 2 is 1.75 bits per heavy atom. The lowest BCUT2D eigenvalue weighted by molar-refractivity contribution is -0.129. The van der Waals surface area contributed by atoms with E-state index in [1.807, 2.05) is 41.5 Å². The maximum Gasteiger partial charge on any atom is 0.155 e. The molecule has 0 amide bonds. The number of nitrogens with one attached hydrogen (secondary N) is 1. The second kappa shape index (κ2) is 5.45. The summed E-state index contributed by atoms with van der Waals surface area (Å²) in [7, 11) is 0. The summed E-state index contributed by atoms with van der Waals surface area (Å²) in [5.74, 6) is 0.178. The Morgan fingerprint density at radius 1 is 1.25 bits per heavy atom. The Labute approximate surface area is 99.2 Å². The average molecular weight is 224 g/mol. The van der Waals surface area contributed by atoms with Gasteiger partial charge in [0.05, 0.1) is 12.1 Å². The third-order valence-electron chi connectivity index (χ3n) is 2.21. The standard InChI is InChI=1S/C13H24N2O/c1-12(2,3)11(16)10(8-7-9-14)15-13(4,5)6/h10,15H,7-8H2,1-6H3/t10-/m0/s1. The van der Waals surface area contributed by atoms with Crippen molar-refractivity contribution < 1.29 is 4.79 Å². The van der Waals surface area contributed by atoms with E-state index in [4.69, 9.17) is 5.26 Å². The molecule has 0 fully saturated rings. The summed E-state index contributed by atoms with van der Waals surface area (Å²) in [6.45, 7) is 11.8. The number of rotatable bonds is 4. The van der Waals surface area contributed by atoms with Crippen LogP contribution in [-0.4, -0.2) is 17.4 Å². The molecule has 1 atom stereocenters. The number of nitriles is 1. The van der Waals surface area contributed by atoms with Crippen molar-refractivity contribution in [1.82, 2.24) is 5.32 Å². The molecule has 3 nitrogen and oxygen atoms in total. The molecule has 0 saturated heterocycles. The van der Waals surface area contributed by atoms with Gasteiger partial charge in [0.15, 0.2) is 5.78 Å². The molecule has 0 aromatic heterocycles. The smallest absolute Gasteiger partial charge is 0.155 e. The fourth-order valence-corrected chi connectivity index (χ4v) is 1.52. The number of carbonyl (C=O) groups is 1. The van der Waals surface area contributed by atoms with Crippen molar-refractivity contribution in [3.8, 4) is 6.07 Å². The van der Waals surface area contributed by atoms with Gasteiger partial charge >= 0.3 is 0 Å². The molecule has 92 valence electrons. The van der Waals surface area contributed by atoms with Gasteiger partial charge < -0.3 is 5.32 Å². The van der Waals surface area contributed by atoms with Gasteiger partial charge in [-0.05, 0) is 27.2 Å². The molecule has 16 heavy (non-hydrogen) atoms. The van der Waals surface area contributed by atoms with Crippen molar-refractivity contribution in [1.29, 1.82) is 5.26 Å². The lowest BCUT2D eigenvalue weighted by atomic mass is 9.84. The van der Waals surface area contributed by atoms with E-state index >= 15 is 0 Å². The fourth-order valence-electron chi connectivity index (χ4n) is 1.52. The SMILES string of the molecule is CC(C)(C)N[C@@H](CCC#N)C(=O)C(C)(C)C. The fraction of sp³-hybridized carbons (Fsp3) is 0.846. The van der Waals surface area contributed by atoms with Crippen LogP contribution in [0.1, 0.15) is 54.4 Å². The van der Waals surface area contributed by atoms with Crippen LogP contribution in [0.2, 0.25) is 0 Å². The quantitative estimate of drug-likeness (QED) is 0.798. The van der Waals surface area contributed by atoms with E-state index in [-0.39, 0.29) is 22.8 Å². The highest BCUT2D eigenvalue weighted by molar-refractivity contribution is 5.88. The molecule has 3 heteroatoms. The Morgan fingerprint density at radius 3 is 2.06 bits per heavy atom. The molecule has 0 rings (SSSR count). The molecule has 0 heterocycles. The molecule has 0 saturated carbocycles. The topological polar surface area (TPSA) is 52.9 Å². The van der Waals surface area contributed by atoms with Crippen LogP contribution in [0.3, 0.4) is 0 Å². The molecule has 0 aromatic carbocycles. The van der Waals surface area contributed by atoms with Gasteiger partial charge in [0.25, 0.3) is 0 Å². The summed E-state index contributed by atoms with van der Waals surface area (Å²) in [6, 6.07) is 1.88. The lowest BCUT2D eigenvalue weighted by Gasteiger charge is -2.31. The van der Waals surface area contributed by atoms with Gasteiger partial charge in [-0.1, -0.05) is 20.8 Å². The van der Waals surface area contributed by atoms with Gasteiger partial charge in [0.2, 0.25) is 0 Å². The van der Waals surface area contributed by atoms with Crippen LogP contribution in [0.25, 0.3) is 0 Å². The third-order valence-corrected chi connectivity index (χ3v) is 2.21. The van der Waals surface area contributed by atoms with E-state index in [1.165, 1.54) is 0 Å². The lowest BCUT2D eigenvalue weighted by Crippen LogP contribution is -2.50. The number of nitrogens with zero attached hydrogens (tertiary/aromatic N) is 1. The normalized spacial score (nSPS) is 14.3. The first-order chi connectivity index (χ1) is 7.08. The van der Waals surface area contributed by atoms with Crippen LogP contribution >= 0.6 is 0 Å². The van der Waals surface area contributed by atoms with Crippen molar-refractivity contribution in [2.75, 3.05) is 0 Å². The Hall–Kier alpha value is -0.880. The first kappa shape index (κ1) is 15.1. The van der Waals surface area contributed by atoms with Gasteiger partial charge in [0.1, 0.15) is 0 Å². The van der Waals surface area contributed by atoms with E-state index in [2.05, 4.69) is 11.4 Å². The zero-order valence-electron chi connectivity index (χ0n) is 11.3. The van der Waals surface area contributed by atoms with Crippen molar-refractivity contribution in [2.24, 2.45) is 5.41 Å². The Kier molecular flexibility index (Phi) is 5.15. The molecular formula is C13H24N2O. The second-order valence-electron chi connectivity index (χ2n) is 6.26. The molecule has 0 aliphatic rings. The molecule has 0 aromatic rings. The maximum absolute atomic E-state index is 12.2. The summed E-state index contributed by atoms with van der Waals surface area (Å²) in [6.07, 6.45) is 0.999. The molecule has 0 radical (unpaired) electrons. The van der Waals surface area contributed by atoms with Crippen LogP contribution < -0.4 is 5.32 Å². The summed E-state index contributed by atoms with van der Waals surface area (Å²) in [4.78, 5) is 12.2. The first-order valence-electron chi connectivity index (χ1n) is 5.77. The zero-order chi connectivity index (χ0) is 13.0. The van der Waals surface area contributed by atoms with Gasteiger partial charge in [-0.3, -0.25) is 4.79 Å². The maximum atomic E-state index is 12.2. The zero-order valence-corrected chi connectivity index (χ0v) is 11.3. The number of carbonyl (C=O) groups excluding carboxylic acids is 1. The summed E-state index contributed by atoms with van der Waals surface area (Å²) in [5, 5.41) is 11.9. The summed E-state index contributed by atoms with van der Waals surface area (Å²) < 4.78 is 0. The van der Waals surface area contributed by atoms with Crippen molar-refractivity contribution in [2.45, 2.75) is 66.0 Å². The van der Waals surface area contributed by atoms with E-state index in [0.29, 0.717) is 12.8 Å². The van der Waals surface area contributed by atoms with Gasteiger partial charge in [0, 0.05) is 17.4 Å². The first-order valence-corrected chi connectivity index (χ1v) is 5.77. The van der Waals surface area contributed by atoms with Crippen molar-refractivity contribution in [3.63, 3.8) is 0 Å². The van der Waals surface area contributed by atoms with Crippen LogP contribution in [0, 0.1) is 16.7 Å². The van der Waals surface area contributed by atoms with E-state index < -0.39 is 0 Å². The van der Waals surface area contributed by atoms with E-state index in [9.17, 15) is 4.79 Å². The summed E-state index contributed by atoms with van der Waals surface area (Å²) in [5.41, 5.74) is -0.473. The molecule has 0 spiro atoms. The van der Waals surface area contributed by atoms with E-state index in [0.717, 1.165) is 0 Å². The number of hydrogen-bond acceptors (Lipinski definition) is 3. The predicted molar refractivity (Wildman–Crippen MR) is 66.0 cm³/mol. The minimum Gasteiger partial charge on any atom is -0.303 e. The number of ketones is 1. The Bertz CT molecular complexity index is 276. The van der Waals surface area contributed by atoms with Crippen molar-refractivity contribution >= 4 is 5.78 Å². The highest BCUT2D eigenvalue weighted by atomic mass is 16.1.